The molecule has 2 aromatic carbocycles. The van der Waals surface area contributed by atoms with E-state index in [1.807, 2.05) is 12.1 Å². The van der Waals surface area contributed by atoms with Crippen LogP contribution in [0.3, 0.4) is 0 Å². The Hall–Kier alpha value is -3.21. The van der Waals surface area contributed by atoms with Gasteiger partial charge in [0.1, 0.15) is 11.8 Å². The van der Waals surface area contributed by atoms with Gasteiger partial charge in [0, 0.05) is 26.4 Å². The van der Waals surface area contributed by atoms with Crippen molar-refractivity contribution in [1.29, 1.82) is 5.26 Å². The van der Waals surface area contributed by atoms with Crippen molar-refractivity contribution in [3.63, 3.8) is 0 Å². The first-order valence-electron chi connectivity index (χ1n) is 12.0. The molecule has 0 radical (unpaired) electrons. The maximum Gasteiger partial charge on any atom is 0.258 e. The van der Waals surface area contributed by atoms with E-state index in [9.17, 15) is 10.4 Å². The fourth-order valence-corrected chi connectivity index (χ4v) is 3.64. The Morgan fingerprint density at radius 1 is 1.43 bits per heavy atom. The smallest absolute Gasteiger partial charge is 0.258 e. The normalized spacial score (nSPS) is 19.0. The summed E-state index contributed by atoms with van der Waals surface area (Å²) in [5.41, 5.74) is 3.10. The molecule has 3 aromatic rings. The second-order valence-corrected chi connectivity index (χ2v) is 7.10. The van der Waals surface area contributed by atoms with Crippen molar-refractivity contribution >= 4 is 0 Å². The molecule has 7 nitrogen and oxygen atoms in total. The maximum absolute atomic E-state index is 9.53. The van der Waals surface area contributed by atoms with E-state index in [0.717, 1.165) is 11.1 Å². The Morgan fingerprint density at radius 2 is 2.30 bits per heavy atom. The molecule has 0 amide bonds. The van der Waals surface area contributed by atoms with E-state index in [4.69, 9.17) is 16.1 Å². The molecule has 0 unspecified atom stereocenters. The predicted octanol–water partition coefficient (Wildman–Crippen LogP) is 3.63. The van der Waals surface area contributed by atoms with Crippen LogP contribution in [0.15, 0.2) is 40.9 Å². The van der Waals surface area contributed by atoms with Crippen LogP contribution >= 0.6 is 0 Å². The molecule has 0 bridgehead atoms. The molecule has 1 aliphatic carbocycles. The number of ether oxygens (including phenoxy) is 1. The molecule has 2 N–H and O–H groups in total. The first-order valence-corrected chi connectivity index (χ1v) is 9.48. The monoisotopic (exact) mass is 409 g/mol. The van der Waals surface area contributed by atoms with Gasteiger partial charge >= 0.3 is 0 Å². The van der Waals surface area contributed by atoms with Crippen molar-refractivity contribution in [2.75, 3.05) is 13.1 Å². The molecule has 7 heteroatoms. The fraction of sp³-hybridized carbons (Fsp3) is 0.348. The lowest BCUT2D eigenvalue weighted by Gasteiger charge is -2.13. The predicted molar refractivity (Wildman–Crippen MR) is 112 cm³/mol. The van der Waals surface area contributed by atoms with Crippen molar-refractivity contribution in [2.45, 2.75) is 38.8 Å². The van der Waals surface area contributed by atoms with Gasteiger partial charge in [0.2, 0.25) is 5.82 Å². The number of aliphatic hydroxyl groups is 1. The number of nitriles is 1. The van der Waals surface area contributed by atoms with E-state index in [0.29, 0.717) is 29.8 Å². The second kappa shape index (κ2) is 8.66. The van der Waals surface area contributed by atoms with E-state index in [-0.39, 0.29) is 17.2 Å². The summed E-state index contributed by atoms with van der Waals surface area (Å²) in [7, 11) is 0. The zero-order valence-electron chi connectivity index (χ0n) is 21.6. The van der Waals surface area contributed by atoms with Crippen LogP contribution in [-0.2, 0) is 6.42 Å². The van der Waals surface area contributed by atoms with Gasteiger partial charge in [0.25, 0.3) is 5.89 Å². The van der Waals surface area contributed by atoms with Crippen LogP contribution in [0.5, 0.6) is 5.75 Å². The molecule has 0 saturated carbocycles. The van der Waals surface area contributed by atoms with Gasteiger partial charge in [0.15, 0.2) is 0 Å². The van der Waals surface area contributed by atoms with Gasteiger partial charge in [-0.05, 0) is 56.0 Å². The van der Waals surface area contributed by atoms with E-state index >= 15 is 0 Å². The van der Waals surface area contributed by atoms with Crippen LogP contribution < -0.4 is 10.1 Å². The molecule has 0 fully saturated rings. The number of nitrogens with one attached hydrogen (secondary N) is 1. The van der Waals surface area contributed by atoms with Crippen molar-refractivity contribution in [2.24, 2.45) is 0 Å². The second-order valence-electron chi connectivity index (χ2n) is 7.10. The van der Waals surface area contributed by atoms with Crippen LogP contribution in [-0.4, -0.2) is 34.4 Å². The third-order valence-corrected chi connectivity index (χ3v) is 4.90. The van der Waals surface area contributed by atoms with Crippen LogP contribution in [0.25, 0.3) is 22.8 Å². The molecule has 0 aliphatic heterocycles. The van der Waals surface area contributed by atoms with Crippen molar-refractivity contribution < 1.29 is 21.2 Å². The number of nitrogens with zero attached hydrogens (tertiary/aromatic N) is 3. The maximum atomic E-state index is 9.53. The summed E-state index contributed by atoms with van der Waals surface area (Å²) >= 11 is 0. The van der Waals surface area contributed by atoms with Crippen LogP contribution in [0.2, 0.25) is 0 Å². The van der Waals surface area contributed by atoms with E-state index in [2.05, 4.69) is 21.5 Å². The summed E-state index contributed by atoms with van der Waals surface area (Å²) in [6.07, 6.45) is -0.123. The number of aromatic nitrogens is 2. The van der Waals surface area contributed by atoms with Crippen molar-refractivity contribution in [1.82, 2.24) is 15.5 Å². The van der Waals surface area contributed by atoms with Gasteiger partial charge in [-0.3, -0.25) is 0 Å². The molecule has 1 atom stereocenters. The molecular weight excluding hydrogens is 380 g/mol. The quantitative estimate of drug-likeness (QED) is 0.614. The molecule has 4 rings (SSSR count). The number of benzene rings is 2. The Kier molecular flexibility index (Phi) is 4.25. The molecule has 0 spiro atoms. The van der Waals surface area contributed by atoms with Gasteiger partial charge in [-0.1, -0.05) is 23.4 Å². The Balaban J connectivity index is 1.62. The van der Waals surface area contributed by atoms with Crippen LogP contribution in [0.1, 0.15) is 49.9 Å². The Morgan fingerprint density at radius 3 is 3.07 bits per heavy atom. The molecule has 1 aliphatic rings. The molecule has 1 heterocycles. The fourth-order valence-electron chi connectivity index (χ4n) is 3.64. The van der Waals surface area contributed by atoms with Gasteiger partial charge in [-0.25, -0.2) is 0 Å². The third-order valence-electron chi connectivity index (χ3n) is 4.90. The average Bonchev–Trinajstić information content (AvgIpc) is 3.40. The summed E-state index contributed by atoms with van der Waals surface area (Å²) in [6.45, 7) is -2.55. The summed E-state index contributed by atoms with van der Waals surface area (Å²) in [4.78, 5) is 4.49. The van der Waals surface area contributed by atoms with Crippen LogP contribution in [0, 0.1) is 11.3 Å². The van der Waals surface area contributed by atoms with E-state index < -0.39 is 25.2 Å². The zero-order valence-corrected chi connectivity index (χ0v) is 16.6. The van der Waals surface area contributed by atoms with Gasteiger partial charge in [-0.2, -0.15) is 10.2 Å². The number of fused-ring (bicyclic) bond motifs is 1. The largest absolute Gasteiger partial charge is 0.490 e. The summed E-state index contributed by atoms with van der Waals surface area (Å²) in [5.74, 6) is 0.801. The minimum Gasteiger partial charge on any atom is -0.490 e. The molecule has 30 heavy (non-hydrogen) atoms. The highest BCUT2D eigenvalue weighted by Crippen LogP contribution is 2.37. The highest BCUT2D eigenvalue weighted by atomic mass is 16.5. The lowest BCUT2D eigenvalue weighted by molar-refractivity contribution is 0.241. The number of rotatable bonds is 7. The first kappa shape index (κ1) is 14.7. The SMILES string of the molecule is [2H]C(C)(C)Oc1ccc(-c2nc(-c3cccc4c3CC[C@@H]4NC([2H])([2H])C([2H])([2H])O)no2)cc1C#N. The third kappa shape index (κ3) is 3.92. The Labute approximate surface area is 182 Å². The van der Waals surface area contributed by atoms with Gasteiger partial charge < -0.3 is 19.7 Å². The summed E-state index contributed by atoms with van der Waals surface area (Å²) < 4.78 is 49.2. The first-order chi connectivity index (χ1) is 16.3. The van der Waals surface area contributed by atoms with E-state index in [1.54, 1.807) is 38.1 Å². The van der Waals surface area contributed by atoms with Gasteiger partial charge in [-0.15, -0.1) is 0 Å². The number of hydrogen-bond donors (Lipinski definition) is 2. The highest BCUT2D eigenvalue weighted by molar-refractivity contribution is 5.67. The molecule has 0 saturated heterocycles. The topological polar surface area (TPSA) is 104 Å². The van der Waals surface area contributed by atoms with Crippen molar-refractivity contribution in [3.05, 3.63) is 53.1 Å². The Bertz CT molecular complexity index is 1290. The zero-order chi connectivity index (χ0) is 25.6. The molecule has 154 valence electrons. The van der Waals surface area contributed by atoms with Gasteiger partial charge in [0.05, 0.1) is 22.3 Å². The lowest BCUT2D eigenvalue weighted by Crippen LogP contribution is -2.22. The molecule has 1 aromatic heterocycles. The minimum atomic E-state index is -3.05. The summed E-state index contributed by atoms with van der Waals surface area (Å²) in [6, 6.07) is 11.8. The standard InChI is InChI=1S/C23H24N4O3/c1-14(2)29-21-9-6-15(12-16(21)13-24)23-26-22(27-30-23)19-5-3-4-18-17(19)7-8-20(18)25-10-11-28/h3-6,9,12,14,20,25,28H,7-8,10-11H2,1-2H3/t20-/m0/s1/i10D2,11D2,14D. The minimum absolute atomic E-state index is 0.197. The van der Waals surface area contributed by atoms with E-state index in [1.165, 1.54) is 0 Å². The molecular formula is C23H24N4O3. The average molecular weight is 410 g/mol. The number of hydrogen-bond acceptors (Lipinski definition) is 7. The van der Waals surface area contributed by atoms with Crippen LogP contribution in [0.4, 0.5) is 0 Å². The summed E-state index contributed by atoms with van der Waals surface area (Å²) in [5, 5.41) is 25.7. The lowest BCUT2D eigenvalue weighted by atomic mass is 10.0. The highest BCUT2D eigenvalue weighted by Gasteiger charge is 2.26. The van der Waals surface area contributed by atoms with Crippen molar-refractivity contribution in [3.8, 4) is 34.7 Å².